The van der Waals surface area contributed by atoms with E-state index in [9.17, 15) is 0 Å². The minimum Gasteiger partial charge on any atom is -0.404 e. The summed E-state index contributed by atoms with van der Waals surface area (Å²) in [4.78, 5) is 7.90. The van der Waals surface area contributed by atoms with Crippen molar-refractivity contribution in [2.75, 3.05) is 21.1 Å². The largest absolute Gasteiger partial charge is 0.404 e. The van der Waals surface area contributed by atoms with Gasteiger partial charge in [-0.1, -0.05) is 11.6 Å². The lowest BCUT2D eigenvalue weighted by molar-refractivity contribution is 1.07. The number of nitrogens with one attached hydrogen (secondary N) is 1. The molecule has 0 spiro atoms. The third-order valence-corrected chi connectivity index (χ3v) is 1.78. The fourth-order valence-corrected chi connectivity index (χ4v) is 0.906. The molecule has 0 rings (SSSR count). The molecule has 0 aromatic carbocycles. The van der Waals surface area contributed by atoms with Crippen molar-refractivity contribution in [3.8, 4) is 0 Å². The number of aliphatic imine (C=N–C) groups is 2. The Morgan fingerprint density at radius 1 is 1.43 bits per heavy atom. The van der Waals surface area contributed by atoms with Gasteiger partial charge in [0.05, 0.1) is 5.71 Å². The van der Waals surface area contributed by atoms with Crippen molar-refractivity contribution in [1.82, 2.24) is 5.32 Å². The Hall–Kier alpha value is -1.29. The average molecular weight is 215 g/mol. The Bertz CT molecular complexity index is 289. The van der Waals surface area contributed by atoms with Crippen LogP contribution in [0.15, 0.2) is 33.0 Å². The summed E-state index contributed by atoms with van der Waals surface area (Å²) in [6.45, 7) is 0. The van der Waals surface area contributed by atoms with E-state index >= 15 is 0 Å². The minimum absolute atomic E-state index is 0.495. The van der Waals surface area contributed by atoms with Crippen LogP contribution in [0.25, 0.3) is 0 Å². The zero-order valence-electron chi connectivity index (χ0n) is 8.58. The van der Waals surface area contributed by atoms with Crippen LogP contribution in [0.3, 0.4) is 0 Å². The lowest BCUT2D eigenvalue weighted by atomic mass is 10.2. The van der Waals surface area contributed by atoms with Crippen molar-refractivity contribution >= 4 is 23.5 Å². The third kappa shape index (κ3) is 4.09. The summed E-state index contributed by atoms with van der Waals surface area (Å²) < 4.78 is 0. The topological polar surface area (TPSA) is 62.8 Å². The molecular weight excluding hydrogens is 200 g/mol. The number of allylic oxidation sites excluding steroid dienone is 2. The van der Waals surface area contributed by atoms with Gasteiger partial charge < -0.3 is 11.1 Å². The molecule has 0 aromatic heterocycles. The SMILES string of the molecule is CN=CC(=CN)C(C=C(Cl)NC)=NC. The summed E-state index contributed by atoms with van der Waals surface area (Å²) in [6, 6.07) is 0. The minimum atomic E-state index is 0.495. The fraction of sp³-hybridized carbons (Fsp3) is 0.333. The number of hydrogen-bond donors (Lipinski definition) is 2. The van der Waals surface area contributed by atoms with E-state index in [1.807, 2.05) is 0 Å². The van der Waals surface area contributed by atoms with Crippen LogP contribution in [0, 0.1) is 0 Å². The van der Waals surface area contributed by atoms with Crippen LogP contribution in [0.5, 0.6) is 0 Å². The highest BCUT2D eigenvalue weighted by molar-refractivity contribution is 6.33. The first-order valence-electron chi connectivity index (χ1n) is 4.05. The van der Waals surface area contributed by atoms with Crippen LogP contribution >= 0.6 is 11.6 Å². The standard InChI is InChI=1S/C9H15ClN4/c1-12-6-7(5-11)8(13-2)4-9(10)14-3/h4-6,14H,11H2,1-3H3. The van der Waals surface area contributed by atoms with Crippen molar-refractivity contribution in [1.29, 1.82) is 0 Å². The predicted octanol–water partition coefficient (Wildman–Crippen LogP) is 0.900. The van der Waals surface area contributed by atoms with Crippen LogP contribution in [0.1, 0.15) is 0 Å². The van der Waals surface area contributed by atoms with Gasteiger partial charge in [-0.15, -0.1) is 0 Å². The van der Waals surface area contributed by atoms with E-state index in [4.69, 9.17) is 17.3 Å². The number of rotatable bonds is 4. The first-order valence-corrected chi connectivity index (χ1v) is 4.43. The van der Waals surface area contributed by atoms with E-state index in [0.717, 1.165) is 5.57 Å². The van der Waals surface area contributed by atoms with Crippen LogP contribution in [-0.2, 0) is 0 Å². The summed E-state index contributed by atoms with van der Waals surface area (Å²) in [7, 11) is 5.06. The van der Waals surface area contributed by atoms with E-state index in [0.29, 0.717) is 10.9 Å². The molecule has 0 unspecified atom stereocenters. The Morgan fingerprint density at radius 3 is 2.43 bits per heavy atom. The molecule has 0 aliphatic rings. The van der Waals surface area contributed by atoms with Gasteiger partial charge in [-0.2, -0.15) is 0 Å². The third-order valence-electron chi connectivity index (χ3n) is 1.49. The summed E-state index contributed by atoms with van der Waals surface area (Å²) >= 11 is 5.80. The fourth-order valence-electron chi connectivity index (χ4n) is 0.803. The molecule has 0 bridgehead atoms. The quantitative estimate of drug-likeness (QED) is 0.540. The molecular formula is C9H15ClN4. The van der Waals surface area contributed by atoms with Crippen LogP contribution in [-0.4, -0.2) is 33.1 Å². The number of hydrogen-bond acceptors (Lipinski definition) is 4. The Labute approximate surface area is 89.3 Å². The molecule has 4 nitrogen and oxygen atoms in total. The van der Waals surface area contributed by atoms with Crippen molar-refractivity contribution in [3.05, 3.63) is 23.0 Å². The molecule has 14 heavy (non-hydrogen) atoms. The van der Waals surface area contributed by atoms with Gasteiger partial charge in [0.15, 0.2) is 0 Å². The van der Waals surface area contributed by atoms with Gasteiger partial charge in [-0.05, 0) is 6.08 Å². The van der Waals surface area contributed by atoms with E-state index < -0.39 is 0 Å². The number of nitrogens with two attached hydrogens (primary N) is 1. The smallest absolute Gasteiger partial charge is 0.104 e. The second-order valence-corrected chi connectivity index (χ2v) is 2.77. The molecule has 0 atom stereocenters. The van der Waals surface area contributed by atoms with Gasteiger partial charge in [-0.3, -0.25) is 9.98 Å². The Kier molecular flexibility index (Phi) is 6.49. The normalized spacial score (nSPS) is 15.0. The second kappa shape index (κ2) is 7.15. The zero-order chi connectivity index (χ0) is 11.0. The van der Waals surface area contributed by atoms with E-state index in [1.165, 1.54) is 6.20 Å². The van der Waals surface area contributed by atoms with E-state index in [-0.39, 0.29) is 0 Å². The summed E-state index contributed by atoms with van der Waals surface area (Å²) in [5.74, 6) is 0. The first kappa shape index (κ1) is 12.7. The highest BCUT2D eigenvalue weighted by Crippen LogP contribution is 2.01. The monoisotopic (exact) mass is 214 g/mol. The van der Waals surface area contributed by atoms with Crippen molar-refractivity contribution < 1.29 is 0 Å². The highest BCUT2D eigenvalue weighted by Gasteiger charge is 2.01. The van der Waals surface area contributed by atoms with Gasteiger partial charge in [-0.25, -0.2) is 0 Å². The number of halogens is 1. The zero-order valence-corrected chi connectivity index (χ0v) is 9.34. The molecule has 3 N–H and O–H groups in total. The van der Waals surface area contributed by atoms with Crippen LogP contribution in [0.4, 0.5) is 0 Å². The highest BCUT2D eigenvalue weighted by atomic mass is 35.5. The van der Waals surface area contributed by atoms with Gasteiger partial charge in [0.25, 0.3) is 0 Å². The molecule has 0 aliphatic heterocycles. The van der Waals surface area contributed by atoms with Gasteiger partial charge in [0.1, 0.15) is 5.16 Å². The molecule has 0 saturated heterocycles. The molecule has 0 fully saturated rings. The lowest BCUT2D eigenvalue weighted by Gasteiger charge is -2.01. The molecule has 5 heteroatoms. The van der Waals surface area contributed by atoms with E-state index in [1.54, 1.807) is 33.4 Å². The molecule has 0 aliphatic carbocycles. The molecule has 0 heterocycles. The van der Waals surface area contributed by atoms with Gasteiger partial charge in [0.2, 0.25) is 0 Å². The van der Waals surface area contributed by atoms with Crippen molar-refractivity contribution in [3.63, 3.8) is 0 Å². The maximum absolute atomic E-state index is 5.80. The molecule has 0 amide bonds. The second-order valence-electron chi connectivity index (χ2n) is 2.36. The lowest BCUT2D eigenvalue weighted by Crippen LogP contribution is -2.08. The Morgan fingerprint density at radius 2 is 2.07 bits per heavy atom. The molecule has 0 radical (unpaired) electrons. The summed E-state index contributed by atoms with van der Waals surface area (Å²) in [5, 5.41) is 3.28. The van der Waals surface area contributed by atoms with Crippen molar-refractivity contribution in [2.24, 2.45) is 15.7 Å². The summed E-state index contributed by atoms with van der Waals surface area (Å²) in [6.07, 6.45) is 4.74. The van der Waals surface area contributed by atoms with Gasteiger partial charge in [0, 0.05) is 39.1 Å². The Balaban J connectivity index is 4.92. The van der Waals surface area contributed by atoms with Crippen molar-refractivity contribution in [2.45, 2.75) is 0 Å². The predicted molar refractivity (Wildman–Crippen MR) is 63.0 cm³/mol. The van der Waals surface area contributed by atoms with Crippen LogP contribution < -0.4 is 11.1 Å². The summed E-state index contributed by atoms with van der Waals surface area (Å²) in [5.41, 5.74) is 6.83. The van der Waals surface area contributed by atoms with Crippen LogP contribution in [0.2, 0.25) is 0 Å². The van der Waals surface area contributed by atoms with Gasteiger partial charge >= 0.3 is 0 Å². The molecule has 78 valence electrons. The molecule has 0 aromatic rings. The van der Waals surface area contributed by atoms with E-state index in [2.05, 4.69) is 15.3 Å². The maximum Gasteiger partial charge on any atom is 0.104 e. The molecule has 0 saturated carbocycles. The average Bonchev–Trinajstić information content (AvgIpc) is 2.22. The number of nitrogens with zero attached hydrogens (tertiary/aromatic N) is 2. The maximum atomic E-state index is 5.80. The first-order chi connectivity index (χ1) is 6.69.